The number of hydrogen-bond donors (Lipinski definition) is 3. The number of hydrogen-bond acceptors (Lipinski definition) is 5. The number of sulfonamides is 1. The first-order valence-corrected chi connectivity index (χ1v) is 7.44. The standard InChI is InChI=1S/C10H14N2O4S2/c1-3-7-5-17-10(11)9(7)18(15,16)12-6(2)4-8(13)14/h4-5,12H,3,11H2,1-2H3,(H,13,14)/b6-4-. The lowest BCUT2D eigenvalue weighted by Gasteiger charge is -2.09. The Bertz CT molecular complexity index is 587. The minimum absolute atomic E-state index is 0.0233. The highest BCUT2D eigenvalue weighted by atomic mass is 32.2. The van der Waals surface area contributed by atoms with Crippen molar-refractivity contribution in [3.8, 4) is 0 Å². The predicted octanol–water partition coefficient (Wildman–Crippen LogP) is 1.16. The highest BCUT2D eigenvalue weighted by Gasteiger charge is 2.23. The molecule has 0 amide bonds. The van der Waals surface area contributed by atoms with E-state index in [0.717, 1.165) is 17.4 Å². The summed E-state index contributed by atoms with van der Waals surface area (Å²) in [6, 6.07) is 0. The summed E-state index contributed by atoms with van der Waals surface area (Å²) in [7, 11) is -3.83. The number of nitrogens with one attached hydrogen (secondary N) is 1. The molecule has 0 aliphatic rings. The van der Waals surface area contributed by atoms with Crippen LogP contribution in [-0.2, 0) is 21.2 Å². The molecule has 0 atom stereocenters. The molecule has 100 valence electrons. The van der Waals surface area contributed by atoms with Crippen molar-refractivity contribution in [1.82, 2.24) is 4.72 Å². The van der Waals surface area contributed by atoms with Gasteiger partial charge in [-0.3, -0.25) is 4.72 Å². The van der Waals surface area contributed by atoms with Crippen molar-refractivity contribution >= 4 is 32.3 Å². The maximum Gasteiger partial charge on any atom is 0.330 e. The number of nitrogen functional groups attached to an aromatic ring is 1. The number of aliphatic carboxylic acids is 1. The molecule has 0 aliphatic carbocycles. The van der Waals surface area contributed by atoms with Crippen LogP contribution in [0.3, 0.4) is 0 Å². The smallest absolute Gasteiger partial charge is 0.330 e. The molecule has 18 heavy (non-hydrogen) atoms. The molecule has 0 unspecified atom stereocenters. The molecule has 0 aromatic carbocycles. The van der Waals surface area contributed by atoms with Crippen molar-refractivity contribution in [2.75, 3.05) is 5.73 Å². The topological polar surface area (TPSA) is 109 Å². The van der Waals surface area contributed by atoms with Gasteiger partial charge in [0.1, 0.15) is 9.90 Å². The Morgan fingerprint density at radius 1 is 1.61 bits per heavy atom. The molecular weight excluding hydrogens is 276 g/mol. The van der Waals surface area contributed by atoms with Gasteiger partial charge in [0.25, 0.3) is 10.0 Å². The lowest BCUT2D eigenvalue weighted by atomic mass is 10.3. The Morgan fingerprint density at radius 2 is 2.22 bits per heavy atom. The van der Waals surface area contributed by atoms with Gasteiger partial charge in [0, 0.05) is 11.8 Å². The summed E-state index contributed by atoms with van der Waals surface area (Å²) in [6.07, 6.45) is 1.32. The van der Waals surface area contributed by atoms with Crippen LogP contribution in [0, 0.1) is 0 Å². The quantitative estimate of drug-likeness (QED) is 0.705. The van der Waals surface area contributed by atoms with E-state index in [9.17, 15) is 13.2 Å². The molecule has 0 saturated heterocycles. The third kappa shape index (κ3) is 3.23. The zero-order chi connectivity index (χ0) is 13.9. The number of anilines is 1. The summed E-state index contributed by atoms with van der Waals surface area (Å²) in [5.41, 5.74) is 6.29. The Balaban J connectivity index is 3.15. The van der Waals surface area contributed by atoms with Gasteiger partial charge >= 0.3 is 5.97 Å². The second-order valence-corrected chi connectivity index (χ2v) is 6.11. The van der Waals surface area contributed by atoms with Gasteiger partial charge in [-0.05, 0) is 24.3 Å². The van der Waals surface area contributed by atoms with Gasteiger partial charge in [0.05, 0.1) is 0 Å². The van der Waals surface area contributed by atoms with Crippen LogP contribution < -0.4 is 10.5 Å². The number of aryl methyl sites for hydroxylation is 1. The molecular formula is C10H14N2O4S2. The highest BCUT2D eigenvalue weighted by molar-refractivity contribution is 7.90. The molecule has 8 heteroatoms. The van der Waals surface area contributed by atoms with Crippen LogP contribution in [0.15, 0.2) is 22.0 Å². The van der Waals surface area contributed by atoms with E-state index in [4.69, 9.17) is 10.8 Å². The Hall–Kier alpha value is -1.54. The Labute approximate surface area is 109 Å². The lowest BCUT2D eigenvalue weighted by molar-refractivity contribution is -0.131. The van der Waals surface area contributed by atoms with Gasteiger partial charge in [0.2, 0.25) is 0 Å². The molecule has 0 fully saturated rings. The number of allylic oxidation sites excluding steroid dienone is 1. The summed E-state index contributed by atoms with van der Waals surface area (Å²) in [6.45, 7) is 3.18. The van der Waals surface area contributed by atoms with E-state index in [2.05, 4.69) is 4.72 Å². The maximum absolute atomic E-state index is 12.1. The van der Waals surface area contributed by atoms with Crippen LogP contribution in [-0.4, -0.2) is 19.5 Å². The minimum atomic E-state index is -3.83. The molecule has 6 nitrogen and oxygen atoms in total. The molecule has 1 aromatic rings. The summed E-state index contributed by atoms with van der Waals surface area (Å²) in [5.74, 6) is -1.22. The van der Waals surface area contributed by atoms with Gasteiger partial charge in [-0.15, -0.1) is 11.3 Å². The van der Waals surface area contributed by atoms with Crippen molar-refractivity contribution in [2.45, 2.75) is 25.2 Å². The zero-order valence-electron chi connectivity index (χ0n) is 9.93. The van der Waals surface area contributed by atoms with Crippen LogP contribution in [0.25, 0.3) is 0 Å². The molecule has 1 heterocycles. The maximum atomic E-state index is 12.1. The first-order chi connectivity index (χ1) is 8.27. The molecule has 4 N–H and O–H groups in total. The molecule has 1 rings (SSSR count). The summed E-state index contributed by atoms with van der Waals surface area (Å²) in [5, 5.41) is 10.4. The summed E-state index contributed by atoms with van der Waals surface area (Å²) >= 11 is 1.15. The average Bonchev–Trinajstić information content (AvgIpc) is 2.57. The molecule has 0 bridgehead atoms. The molecule has 1 aromatic heterocycles. The van der Waals surface area contributed by atoms with Gasteiger partial charge in [-0.25, -0.2) is 13.2 Å². The Morgan fingerprint density at radius 3 is 2.72 bits per heavy atom. The van der Waals surface area contributed by atoms with Gasteiger partial charge < -0.3 is 10.8 Å². The van der Waals surface area contributed by atoms with Crippen LogP contribution in [0.4, 0.5) is 5.00 Å². The third-order valence-corrected chi connectivity index (χ3v) is 4.73. The fourth-order valence-corrected chi connectivity index (χ4v) is 4.16. The number of carboxylic acids is 1. The van der Waals surface area contributed by atoms with Crippen LogP contribution in [0.5, 0.6) is 0 Å². The van der Waals surface area contributed by atoms with Gasteiger partial charge in [-0.2, -0.15) is 0 Å². The first kappa shape index (κ1) is 14.5. The molecule has 0 saturated carbocycles. The number of carbonyl (C=O) groups is 1. The second-order valence-electron chi connectivity index (χ2n) is 3.58. The molecule has 0 aliphatic heterocycles. The van der Waals surface area contributed by atoms with Crippen molar-refractivity contribution in [2.24, 2.45) is 0 Å². The van der Waals surface area contributed by atoms with E-state index in [-0.39, 0.29) is 15.6 Å². The zero-order valence-corrected chi connectivity index (χ0v) is 11.6. The average molecular weight is 290 g/mol. The van der Waals surface area contributed by atoms with Gasteiger partial charge in [0.15, 0.2) is 0 Å². The fraction of sp³-hybridized carbons (Fsp3) is 0.300. The lowest BCUT2D eigenvalue weighted by Crippen LogP contribution is -2.23. The van der Waals surface area contributed by atoms with Gasteiger partial charge in [-0.1, -0.05) is 6.92 Å². The van der Waals surface area contributed by atoms with E-state index in [1.54, 1.807) is 5.38 Å². The number of nitrogens with two attached hydrogens (primary N) is 1. The monoisotopic (exact) mass is 290 g/mol. The van der Waals surface area contributed by atoms with Crippen molar-refractivity contribution in [3.63, 3.8) is 0 Å². The minimum Gasteiger partial charge on any atom is -0.478 e. The molecule has 0 spiro atoms. The summed E-state index contributed by atoms with van der Waals surface area (Å²) in [4.78, 5) is 10.5. The summed E-state index contributed by atoms with van der Waals surface area (Å²) < 4.78 is 26.3. The van der Waals surface area contributed by atoms with E-state index >= 15 is 0 Å². The first-order valence-electron chi connectivity index (χ1n) is 5.07. The normalized spacial score (nSPS) is 12.4. The largest absolute Gasteiger partial charge is 0.478 e. The van der Waals surface area contributed by atoms with Crippen LogP contribution in [0.2, 0.25) is 0 Å². The Kier molecular flexibility index (Phi) is 4.36. The molecule has 0 radical (unpaired) electrons. The second kappa shape index (κ2) is 5.40. The van der Waals surface area contributed by atoms with E-state index in [1.165, 1.54) is 6.92 Å². The highest BCUT2D eigenvalue weighted by Crippen LogP contribution is 2.30. The predicted molar refractivity (Wildman–Crippen MR) is 69.8 cm³/mol. The van der Waals surface area contributed by atoms with E-state index in [0.29, 0.717) is 12.0 Å². The number of thiophene rings is 1. The van der Waals surface area contributed by atoms with E-state index in [1.807, 2.05) is 6.92 Å². The van der Waals surface area contributed by atoms with Crippen molar-refractivity contribution in [1.29, 1.82) is 0 Å². The van der Waals surface area contributed by atoms with E-state index < -0.39 is 16.0 Å². The van der Waals surface area contributed by atoms with Crippen molar-refractivity contribution < 1.29 is 18.3 Å². The third-order valence-electron chi connectivity index (χ3n) is 2.13. The number of rotatable bonds is 5. The SMILES string of the molecule is CCc1csc(N)c1S(=O)(=O)N/C(C)=C\C(=O)O. The fourth-order valence-electron chi connectivity index (χ4n) is 1.43. The van der Waals surface area contributed by atoms with Crippen LogP contribution in [0.1, 0.15) is 19.4 Å². The van der Waals surface area contributed by atoms with Crippen molar-refractivity contribution in [3.05, 3.63) is 22.7 Å². The number of carboxylic acid groups (broad SMARTS) is 1. The van der Waals surface area contributed by atoms with Crippen LogP contribution >= 0.6 is 11.3 Å².